The molecule has 138 valence electrons. The van der Waals surface area contributed by atoms with Crippen molar-refractivity contribution >= 4 is 0 Å². The van der Waals surface area contributed by atoms with E-state index in [1.54, 1.807) is 0 Å². The Hall–Kier alpha value is -1.02. The van der Waals surface area contributed by atoms with Crippen LogP contribution in [0.3, 0.4) is 0 Å². The monoisotopic (exact) mass is 350 g/mol. The Morgan fingerprint density at radius 2 is 1.72 bits per heavy atom. The molecule has 0 N–H and O–H groups in total. The summed E-state index contributed by atoms with van der Waals surface area (Å²) in [6.07, 6.45) is -1.52. The summed E-state index contributed by atoms with van der Waals surface area (Å²) < 4.78 is 36.0. The van der Waals surface area contributed by atoms with Gasteiger partial charge in [-0.3, -0.25) is 0 Å². The molecule has 0 amide bonds. The van der Waals surface area contributed by atoms with Gasteiger partial charge in [0.1, 0.15) is 24.4 Å². The molecule has 25 heavy (non-hydrogen) atoms. The molecule has 0 saturated carbocycles. The summed E-state index contributed by atoms with van der Waals surface area (Å²) in [7, 11) is 0. The van der Waals surface area contributed by atoms with E-state index in [1.807, 2.05) is 58.0 Å². The number of hydrogen-bond donors (Lipinski definition) is 0. The second kappa shape index (κ2) is 6.30. The first kappa shape index (κ1) is 17.4. The Morgan fingerprint density at radius 1 is 0.960 bits per heavy atom. The third-order valence-electron chi connectivity index (χ3n) is 4.71. The van der Waals surface area contributed by atoms with Crippen molar-refractivity contribution in [3.8, 4) is 0 Å². The number of ether oxygens (including phenoxy) is 6. The fourth-order valence-corrected chi connectivity index (χ4v) is 3.64. The van der Waals surface area contributed by atoms with Gasteiger partial charge in [0.05, 0.1) is 13.2 Å². The van der Waals surface area contributed by atoms with E-state index >= 15 is 0 Å². The summed E-state index contributed by atoms with van der Waals surface area (Å²) in [5, 5.41) is 0. The average Bonchev–Trinajstić information content (AvgIpc) is 3.15. The second-order valence-corrected chi connectivity index (χ2v) is 7.70. The zero-order chi connectivity index (χ0) is 17.7. The third-order valence-corrected chi connectivity index (χ3v) is 4.71. The fourth-order valence-electron chi connectivity index (χ4n) is 3.64. The molecular weight excluding hydrogens is 324 g/mol. The van der Waals surface area contributed by atoms with Gasteiger partial charge in [-0.25, -0.2) is 0 Å². The number of rotatable bonds is 4. The van der Waals surface area contributed by atoms with Crippen LogP contribution in [0.4, 0.5) is 0 Å². The van der Waals surface area contributed by atoms with Crippen LogP contribution >= 0.6 is 0 Å². The highest BCUT2D eigenvalue weighted by Gasteiger charge is 2.58. The summed E-state index contributed by atoms with van der Waals surface area (Å²) in [6, 6.07) is 10.1. The van der Waals surface area contributed by atoms with Crippen molar-refractivity contribution in [1.82, 2.24) is 0 Å². The van der Waals surface area contributed by atoms with Gasteiger partial charge in [-0.15, -0.1) is 0 Å². The van der Waals surface area contributed by atoms with Gasteiger partial charge in [-0.2, -0.15) is 0 Å². The first-order valence-corrected chi connectivity index (χ1v) is 8.81. The van der Waals surface area contributed by atoms with Crippen LogP contribution in [0.2, 0.25) is 0 Å². The van der Waals surface area contributed by atoms with Crippen LogP contribution in [-0.2, 0) is 35.0 Å². The lowest BCUT2D eigenvalue weighted by atomic mass is 10.1. The highest BCUT2D eigenvalue weighted by molar-refractivity contribution is 5.13. The van der Waals surface area contributed by atoms with Crippen LogP contribution in [0, 0.1) is 0 Å². The molecule has 3 aliphatic rings. The minimum absolute atomic E-state index is 0.211. The van der Waals surface area contributed by atoms with Crippen LogP contribution in [0.15, 0.2) is 30.3 Å². The fraction of sp³-hybridized carbons (Fsp3) is 0.684. The van der Waals surface area contributed by atoms with Crippen LogP contribution in [0.25, 0.3) is 0 Å². The van der Waals surface area contributed by atoms with Gasteiger partial charge in [-0.05, 0) is 33.3 Å². The summed E-state index contributed by atoms with van der Waals surface area (Å²) >= 11 is 0. The van der Waals surface area contributed by atoms with E-state index in [0.717, 1.165) is 5.56 Å². The van der Waals surface area contributed by atoms with Crippen molar-refractivity contribution in [3.63, 3.8) is 0 Å². The Kier molecular flexibility index (Phi) is 4.38. The molecule has 5 atom stereocenters. The topological polar surface area (TPSA) is 55.4 Å². The predicted octanol–water partition coefficient (Wildman–Crippen LogP) is 2.60. The molecule has 1 aromatic carbocycles. The maximum Gasteiger partial charge on any atom is 0.190 e. The smallest absolute Gasteiger partial charge is 0.190 e. The van der Waals surface area contributed by atoms with Gasteiger partial charge >= 0.3 is 0 Å². The van der Waals surface area contributed by atoms with E-state index < -0.39 is 17.9 Å². The van der Waals surface area contributed by atoms with E-state index in [-0.39, 0.29) is 24.4 Å². The quantitative estimate of drug-likeness (QED) is 0.832. The Morgan fingerprint density at radius 3 is 2.40 bits per heavy atom. The van der Waals surface area contributed by atoms with Crippen LogP contribution in [0.1, 0.15) is 33.3 Å². The minimum atomic E-state index is -0.680. The largest absolute Gasteiger partial charge is 0.368 e. The second-order valence-electron chi connectivity index (χ2n) is 7.70. The zero-order valence-corrected chi connectivity index (χ0v) is 15.1. The van der Waals surface area contributed by atoms with E-state index in [1.165, 1.54) is 0 Å². The van der Waals surface area contributed by atoms with Gasteiger partial charge in [0, 0.05) is 0 Å². The number of benzene rings is 1. The van der Waals surface area contributed by atoms with Crippen LogP contribution < -0.4 is 0 Å². The van der Waals surface area contributed by atoms with Crippen molar-refractivity contribution in [2.75, 3.05) is 6.61 Å². The highest BCUT2D eigenvalue weighted by Crippen LogP contribution is 2.42. The molecule has 4 rings (SSSR count). The van der Waals surface area contributed by atoms with Gasteiger partial charge in [0.15, 0.2) is 17.9 Å². The van der Waals surface area contributed by atoms with Crippen molar-refractivity contribution in [2.45, 2.75) is 76.6 Å². The molecule has 0 aliphatic carbocycles. The van der Waals surface area contributed by atoms with Gasteiger partial charge < -0.3 is 28.4 Å². The van der Waals surface area contributed by atoms with Gasteiger partial charge in [0.2, 0.25) is 0 Å². The summed E-state index contributed by atoms with van der Waals surface area (Å²) in [5.74, 6) is -1.29. The van der Waals surface area contributed by atoms with Crippen molar-refractivity contribution in [2.24, 2.45) is 0 Å². The highest BCUT2D eigenvalue weighted by atomic mass is 16.8. The molecule has 2 unspecified atom stereocenters. The number of fused-ring (bicyclic) bond motifs is 1. The molecule has 6 heteroatoms. The molecule has 0 aromatic heterocycles. The van der Waals surface area contributed by atoms with E-state index in [4.69, 9.17) is 28.4 Å². The summed E-state index contributed by atoms with van der Waals surface area (Å²) in [4.78, 5) is 0. The van der Waals surface area contributed by atoms with Gasteiger partial charge in [-0.1, -0.05) is 30.3 Å². The molecule has 0 radical (unpaired) electrons. The average molecular weight is 350 g/mol. The first-order chi connectivity index (χ1) is 11.8. The van der Waals surface area contributed by atoms with Gasteiger partial charge in [0.25, 0.3) is 0 Å². The lowest BCUT2D eigenvalue weighted by molar-refractivity contribution is -0.236. The minimum Gasteiger partial charge on any atom is -0.368 e. The van der Waals surface area contributed by atoms with E-state index in [9.17, 15) is 0 Å². The maximum absolute atomic E-state index is 6.22. The third kappa shape index (κ3) is 3.60. The molecule has 3 aliphatic heterocycles. The van der Waals surface area contributed by atoms with E-state index in [2.05, 4.69) is 0 Å². The summed E-state index contributed by atoms with van der Waals surface area (Å²) in [6.45, 7) is 8.52. The molecule has 6 nitrogen and oxygen atoms in total. The number of hydrogen-bond acceptors (Lipinski definition) is 6. The molecule has 3 saturated heterocycles. The van der Waals surface area contributed by atoms with Crippen LogP contribution in [-0.4, -0.2) is 48.9 Å². The normalized spacial score (nSPS) is 38.8. The molecule has 0 bridgehead atoms. The maximum atomic E-state index is 6.22. The first-order valence-electron chi connectivity index (χ1n) is 8.81. The Bertz CT molecular complexity index is 601. The van der Waals surface area contributed by atoms with Crippen molar-refractivity contribution < 1.29 is 28.4 Å². The Labute approximate surface area is 148 Å². The summed E-state index contributed by atoms with van der Waals surface area (Å²) in [5.41, 5.74) is 1.10. The molecule has 3 heterocycles. The molecular formula is C19H26O6. The molecule has 1 aromatic rings. The van der Waals surface area contributed by atoms with Crippen molar-refractivity contribution in [1.29, 1.82) is 0 Å². The lowest BCUT2D eigenvalue weighted by Gasteiger charge is -2.29. The molecule has 3 fully saturated rings. The van der Waals surface area contributed by atoms with Crippen molar-refractivity contribution in [3.05, 3.63) is 35.9 Å². The van der Waals surface area contributed by atoms with E-state index in [0.29, 0.717) is 13.2 Å². The Balaban J connectivity index is 1.50. The lowest BCUT2D eigenvalue weighted by Crippen LogP contribution is -2.44. The SMILES string of the molecule is CC1(C)OCC(C2O[C@@H]3OC(C)(C)O[C@@H]3[C@@H]2OCc2ccccc2)O1. The predicted molar refractivity (Wildman–Crippen MR) is 88.6 cm³/mol. The standard InChI is InChI=1S/C19H26O6/c1-18(2)21-11-13(23-18)14-15(20-10-12-8-6-5-7-9-12)16-17(22-14)25-19(3,4)24-16/h5-9,13-17H,10-11H2,1-4H3/t13?,14?,15-,16-,17-/m1/s1. The zero-order valence-electron chi connectivity index (χ0n) is 15.1. The van der Waals surface area contributed by atoms with Crippen LogP contribution in [0.5, 0.6) is 0 Å². The molecule has 0 spiro atoms.